The number of carbonyl (C=O) groups is 3. The summed E-state index contributed by atoms with van der Waals surface area (Å²) in [6, 6.07) is 4.03. The molecule has 2 amide bonds. The van der Waals surface area contributed by atoms with Crippen molar-refractivity contribution >= 4 is 29.0 Å². The van der Waals surface area contributed by atoms with Gasteiger partial charge in [0.05, 0.1) is 39.4 Å². The van der Waals surface area contributed by atoms with Gasteiger partial charge in [-0.2, -0.15) is 10.2 Å². The molecule has 1 N–H and O–H groups in total. The molecule has 0 bridgehead atoms. The van der Waals surface area contributed by atoms with Gasteiger partial charge in [-0.3, -0.25) is 14.2 Å². The van der Waals surface area contributed by atoms with Gasteiger partial charge in [0.2, 0.25) is 0 Å². The number of rotatable bonds is 2. The molecule has 0 unspecified atom stereocenters. The van der Waals surface area contributed by atoms with E-state index < -0.39 is 27.6 Å². The van der Waals surface area contributed by atoms with E-state index in [1.54, 1.807) is 20.7 Å². The molecule has 6 heterocycles. The van der Waals surface area contributed by atoms with Crippen molar-refractivity contribution in [2.24, 2.45) is 0 Å². The van der Waals surface area contributed by atoms with Crippen LogP contribution in [0.3, 0.4) is 0 Å². The van der Waals surface area contributed by atoms with Crippen molar-refractivity contribution in [2.45, 2.75) is 134 Å². The topological polar surface area (TPSA) is 141 Å². The summed E-state index contributed by atoms with van der Waals surface area (Å²) in [5, 5.41) is 8.63. The summed E-state index contributed by atoms with van der Waals surface area (Å²) in [6.07, 6.45) is 5.92. The van der Waals surface area contributed by atoms with Crippen molar-refractivity contribution in [1.82, 2.24) is 34.1 Å². The van der Waals surface area contributed by atoms with Crippen LogP contribution in [0, 0.1) is 0 Å². The van der Waals surface area contributed by atoms with Crippen LogP contribution in [0.15, 0.2) is 24.5 Å². The average molecular weight is 688 g/mol. The lowest BCUT2D eigenvalue weighted by Gasteiger charge is -2.43. The summed E-state index contributed by atoms with van der Waals surface area (Å²) >= 11 is 0. The molecule has 4 aliphatic heterocycles. The minimum atomic E-state index is -1.15. The van der Waals surface area contributed by atoms with E-state index in [9.17, 15) is 18.6 Å². The summed E-state index contributed by atoms with van der Waals surface area (Å²) in [4.78, 5) is 40.4. The Kier molecular flexibility index (Phi) is 9.67. The van der Waals surface area contributed by atoms with Crippen molar-refractivity contribution in [3.63, 3.8) is 0 Å². The van der Waals surface area contributed by atoms with E-state index in [-0.39, 0.29) is 34.2 Å². The highest BCUT2D eigenvalue weighted by Crippen LogP contribution is 2.44. The van der Waals surface area contributed by atoms with Gasteiger partial charge in [0.1, 0.15) is 17.7 Å². The van der Waals surface area contributed by atoms with Crippen LogP contribution in [0.25, 0.3) is 0 Å². The van der Waals surface area contributed by atoms with Crippen molar-refractivity contribution in [3.8, 4) is 0 Å². The van der Waals surface area contributed by atoms with Gasteiger partial charge in [0, 0.05) is 49.7 Å². The van der Waals surface area contributed by atoms with Crippen LogP contribution in [0.4, 0.5) is 9.59 Å². The van der Waals surface area contributed by atoms with Gasteiger partial charge in [0.25, 0.3) is 0 Å². The molecule has 0 saturated carbocycles. The fourth-order valence-corrected chi connectivity index (χ4v) is 8.04. The smallest absolute Gasteiger partial charge is 0.410 e. The molecule has 2 saturated heterocycles. The van der Waals surface area contributed by atoms with E-state index in [0.29, 0.717) is 52.1 Å². The largest absolute Gasteiger partial charge is 0.444 e. The van der Waals surface area contributed by atoms with Crippen LogP contribution in [0.1, 0.15) is 99.4 Å². The molecule has 48 heavy (non-hydrogen) atoms. The lowest BCUT2D eigenvalue weighted by atomic mass is 9.72. The Balaban J connectivity index is 0.000000194. The SMILES string of the molecule is CC(C)(C)OC(=O)N1CCC2(CC1)C(=O)Cn1nccc12.CC(C)(C)OC(=O)N1CCC2(CC1)c1ccnn1C[C@H]2N[S@](=O)C(C)(C)C. The molecule has 4 aliphatic rings. The van der Waals surface area contributed by atoms with Gasteiger partial charge in [-0.1, -0.05) is 0 Å². The van der Waals surface area contributed by atoms with Crippen molar-refractivity contribution in [3.05, 3.63) is 35.9 Å². The number of hydrogen-bond donors (Lipinski definition) is 1. The fraction of sp³-hybridized carbons (Fsp3) is 0.735. The third kappa shape index (κ3) is 7.34. The molecular weight excluding hydrogens is 634 g/mol. The number of piperidine rings is 2. The van der Waals surface area contributed by atoms with E-state index in [0.717, 1.165) is 18.5 Å². The molecule has 14 heteroatoms. The molecule has 13 nitrogen and oxygen atoms in total. The Morgan fingerprint density at radius 1 is 0.792 bits per heavy atom. The van der Waals surface area contributed by atoms with Crippen LogP contribution in [0.5, 0.6) is 0 Å². The molecular formula is C34H53N7O6S. The number of amides is 2. The Morgan fingerprint density at radius 3 is 1.77 bits per heavy atom. The highest BCUT2D eigenvalue weighted by molar-refractivity contribution is 7.84. The quantitative estimate of drug-likeness (QED) is 0.493. The fourth-order valence-electron chi connectivity index (χ4n) is 7.13. The van der Waals surface area contributed by atoms with Crippen LogP contribution in [-0.4, -0.2) is 99.7 Å². The maximum Gasteiger partial charge on any atom is 0.410 e. The second-order valence-electron chi connectivity index (χ2n) is 16.4. The van der Waals surface area contributed by atoms with Crippen LogP contribution >= 0.6 is 0 Å². The zero-order valence-electron chi connectivity index (χ0n) is 30.0. The number of nitrogens with one attached hydrogen (secondary N) is 1. The number of fused-ring (bicyclic) bond motifs is 4. The van der Waals surface area contributed by atoms with Crippen molar-refractivity contribution in [1.29, 1.82) is 0 Å². The summed E-state index contributed by atoms with van der Waals surface area (Å²) in [7, 11) is -1.15. The number of carbonyl (C=O) groups excluding carboxylic acids is 3. The summed E-state index contributed by atoms with van der Waals surface area (Å²) < 4.78 is 30.5. The second-order valence-corrected chi connectivity index (χ2v) is 18.4. The zero-order valence-corrected chi connectivity index (χ0v) is 30.8. The highest BCUT2D eigenvalue weighted by atomic mass is 32.2. The van der Waals surface area contributed by atoms with Crippen molar-refractivity contribution in [2.75, 3.05) is 26.2 Å². The molecule has 2 spiro atoms. The standard InChI is InChI=1S/C19H32N4O3S.C15H21N3O3/c1-17(2,3)26-16(24)22-11-8-19(9-12-22)14(21-27(25)18(4,5)6)13-23-15(19)7-10-20-23;1-14(2,3)21-13(20)17-8-5-15(6-9-17)11-4-7-16-18(11)10-12(15)19/h7,10,14,21H,8-9,11-13H2,1-6H3;4,7H,5-6,8-10H2,1-3H3/t14-,27-;/m1./s1. The van der Waals surface area contributed by atoms with Gasteiger partial charge in [-0.05, 0) is 100 Å². The minimum Gasteiger partial charge on any atom is -0.444 e. The lowest BCUT2D eigenvalue weighted by Crippen LogP contribution is -2.55. The Hall–Kier alpha value is -3.26. The number of likely N-dealkylation sites (tertiary alicyclic amines) is 2. The molecule has 6 rings (SSSR count). The van der Waals surface area contributed by atoms with Gasteiger partial charge in [-0.15, -0.1) is 0 Å². The number of Topliss-reactive ketones (excluding diaryl/α,β-unsaturated/α-hetero) is 1. The molecule has 0 radical (unpaired) electrons. The van der Waals surface area contributed by atoms with Gasteiger partial charge < -0.3 is 19.3 Å². The Morgan fingerprint density at radius 2 is 1.27 bits per heavy atom. The van der Waals surface area contributed by atoms with Gasteiger partial charge >= 0.3 is 12.2 Å². The zero-order chi connectivity index (χ0) is 35.3. The van der Waals surface area contributed by atoms with Gasteiger partial charge in [-0.25, -0.2) is 18.5 Å². The number of hydrogen-bond acceptors (Lipinski definition) is 8. The third-order valence-corrected chi connectivity index (χ3v) is 11.3. The molecule has 2 aromatic rings. The monoisotopic (exact) mass is 687 g/mol. The maximum atomic E-state index is 12.7. The third-order valence-electron chi connectivity index (χ3n) is 9.66. The number of ketones is 1. The van der Waals surface area contributed by atoms with Crippen molar-refractivity contribution < 1.29 is 28.1 Å². The Bertz CT molecular complexity index is 1530. The number of nitrogens with zero attached hydrogens (tertiary/aromatic N) is 6. The van der Waals surface area contributed by atoms with Crippen LogP contribution in [0.2, 0.25) is 0 Å². The van der Waals surface area contributed by atoms with E-state index in [2.05, 4.69) is 21.0 Å². The first-order valence-electron chi connectivity index (χ1n) is 17.0. The highest BCUT2D eigenvalue weighted by Gasteiger charge is 2.52. The molecule has 2 aromatic heterocycles. The molecule has 266 valence electrons. The first kappa shape index (κ1) is 36.0. The first-order chi connectivity index (χ1) is 22.2. The van der Waals surface area contributed by atoms with Crippen LogP contribution in [-0.2, 0) is 49.2 Å². The molecule has 2 atom stereocenters. The second kappa shape index (κ2) is 12.9. The normalized spacial score (nSPS) is 22.2. The summed E-state index contributed by atoms with van der Waals surface area (Å²) in [5.41, 5.74) is 0.580. The number of aromatic nitrogens is 4. The predicted octanol–water partition coefficient (Wildman–Crippen LogP) is 4.32. The summed E-state index contributed by atoms with van der Waals surface area (Å²) in [5.74, 6) is 0.217. The lowest BCUT2D eigenvalue weighted by molar-refractivity contribution is -0.125. The first-order valence-corrected chi connectivity index (χ1v) is 18.1. The predicted molar refractivity (Wildman–Crippen MR) is 182 cm³/mol. The molecule has 0 aromatic carbocycles. The Labute approximate surface area is 286 Å². The van der Waals surface area contributed by atoms with E-state index in [1.807, 2.05) is 79.3 Å². The maximum absolute atomic E-state index is 12.7. The van der Waals surface area contributed by atoms with Gasteiger partial charge in [0.15, 0.2) is 5.78 Å². The van der Waals surface area contributed by atoms with Crippen LogP contribution < -0.4 is 4.72 Å². The molecule has 2 fully saturated rings. The van der Waals surface area contributed by atoms with E-state index in [1.165, 1.54) is 5.69 Å². The summed E-state index contributed by atoms with van der Waals surface area (Å²) in [6.45, 7) is 20.5. The minimum absolute atomic E-state index is 0.0436. The van der Waals surface area contributed by atoms with E-state index >= 15 is 0 Å². The average Bonchev–Trinajstić information content (AvgIpc) is 3.73. The molecule has 0 aliphatic carbocycles. The number of ether oxygens (including phenoxy) is 2. The van der Waals surface area contributed by atoms with E-state index in [4.69, 9.17) is 9.47 Å².